The fraction of sp³-hybridized carbons (Fsp3) is 0.278. The second-order valence-corrected chi connectivity index (χ2v) is 5.72. The molecule has 3 rings (SSSR count). The van der Waals surface area contributed by atoms with Gasteiger partial charge in [-0.3, -0.25) is 9.59 Å². The number of benzene rings is 1. The second kappa shape index (κ2) is 7.12. The highest BCUT2D eigenvalue weighted by atomic mass is 16.2. The van der Waals surface area contributed by atoms with Crippen molar-refractivity contribution in [2.45, 2.75) is 6.92 Å². The average Bonchev–Trinajstić information content (AvgIpc) is 3.09. The summed E-state index contributed by atoms with van der Waals surface area (Å²) in [6.45, 7) is 3.90. The van der Waals surface area contributed by atoms with Gasteiger partial charge in [0, 0.05) is 50.9 Å². The standard InChI is InChI=1S/C18H20N4O2/c1-15(23)20-9-11-21(12-10-20)18(24)8-7-16-13-19-22(14-16)17-5-3-2-4-6-17/h2-8,13-14H,9-12H2,1H3. The third-order valence-corrected chi connectivity index (χ3v) is 4.08. The molecule has 1 aliphatic heterocycles. The topological polar surface area (TPSA) is 58.4 Å². The van der Waals surface area contributed by atoms with E-state index in [1.165, 1.54) is 0 Å². The van der Waals surface area contributed by atoms with Gasteiger partial charge in [0.25, 0.3) is 0 Å². The van der Waals surface area contributed by atoms with E-state index >= 15 is 0 Å². The summed E-state index contributed by atoms with van der Waals surface area (Å²) in [5.74, 6) is 0.0247. The van der Waals surface area contributed by atoms with Gasteiger partial charge in [-0.25, -0.2) is 4.68 Å². The number of carbonyl (C=O) groups excluding carboxylic acids is 2. The lowest BCUT2D eigenvalue weighted by Gasteiger charge is -2.33. The summed E-state index contributed by atoms with van der Waals surface area (Å²) in [5.41, 5.74) is 1.85. The monoisotopic (exact) mass is 324 g/mol. The van der Waals surface area contributed by atoms with Crippen LogP contribution in [0.5, 0.6) is 0 Å². The lowest BCUT2D eigenvalue weighted by Crippen LogP contribution is -2.49. The maximum Gasteiger partial charge on any atom is 0.246 e. The molecule has 2 amide bonds. The molecule has 124 valence electrons. The molecule has 1 saturated heterocycles. The van der Waals surface area contributed by atoms with Crippen molar-refractivity contribution in [1.29, 1.82) is 0 Å². The zero-order chi connectivity index (χ0) is 16.9. The third-order valence-electron chi connectivity index (χ3n) is 4.08. The minimum Gasteiger partial charge on any atom is -0.339 e. The van der Waals surface area contributed by atoms with Crippen molar-refractivity contribution in [2.75, 3.05) is 26.2 Å². The van der Waals surface area contributed by atoms with Crippen molar-refractivity contribution >= 4 is 17.9 Å². The molecule has 0 aliphatic carbocycles. The fourth-order valence-corrected chi connectivity index (χ4v) is 2.66. The van der Waals surface area contributed by atoms with Crippen molar-refractivity contribution in [3.05, 3.63) is 54.4 Å². The Labute approximate surface area is 141 Å². The third kappa shape index (κ3) is 3.71. The lowest BCUT2D eigenvalue weighted by atomic mass is 10.2. The summed E-state index contributed by atoms with van der Waals surface area (Å²) in [7, 11) is 0. The van der Waals surface area contributed by atoms with Gasteiger partial charge >= 0.3 is 0 Å². The summed E-state index contributed by atoms with van der Waals surface area (Å²) in [6, 6.07) is 9.81. The lowest BCUT2D eigenvalue weighted by molar-refractivity contribution is -0.135. The Bertz CT molecular complexity index is 743. The molecular weight excluding hydrogens is 304 g/mol. The zero-order valence-corrected chi connectivity index (χ0v) is 13.6. The quantitative estimate of drug-likeness (QED) is 0.806. The molecule has 0 atom stereocenters. The van der Waals surface area contributed by atoms with Crippen molar-refractivity contribution in [3.8, 4) is 5.69 Å². The maximum absolute atomic E-state index is 12.2. The second-order valence-electron chi connectivity index (χ2n) is 5.72. The molecule has 0 saturated carbocycles. The molecular formula is C18H20N4O2. The number of para-hydroxylation sites is 1. The molecule has 1 aromatic heterocycles. The van der Waals surface area contributed by atoms with Crippen LogP contribution in [-0.4, -0.2) is 57.6 Å². The van der Waals surface area contributed by atoms with E-state index in [-0.39, 0.29) is 11.8 Å². The highest BCUT2D eigenvalue weighted by molar-refractivity contribution is 5.91. The van der Waals surface area contributed by atoms with Gasteiger partial charge in [0.15, 0.2) is 0 Å². The van der Waals surface area contributed by atoms with Gasteiger partial charge in [0.1, 0.15) is 0 Å². The zero-order valence-electron chi connectivity index (χ0n) is 13.6. The van der Waals surface area contributed by atoms with E-state index in [1.807, 2.05) is 36.5 Å². The van der Waals surface area contributed by atoms with E-state index in [9.17, 15) is 9.59 Å². The first-order valence-corrected chi connectivity index (χ1v) is 7.96. The highest BCUT2D eigenvalue weighted by Crippen LogP contribution is 2.09. The van der Waals surface area contributed by atoms with Gasteiger partial charge in [-0.05, 0) is 18.2 Å². The van der Waals surface area contributed by atoms with Gasteiger partial charge in [0.05, 0.1) is 11.9 Å². The SMILES string of the molecule is CC(=O)N1CCN(C(=O)C=Cc2cnn(-c3ccccc3)c2)CC1. The van der Waals surface area contributed by atoms with Crippen LogP contribution in [0, 0.1) is 0 Å². The molecule has 2 aromatic rings. The van der Waals surface area contributed by atoms with E-state index in [4.69, 9.17) is 0 Å². The largest absolute Gasteiger partial charge is 0.339 e. The number of carbonyl (C=O) groups is 2. The number of amides is 2. The van der Waals surface area contributed by atoms with Crippen LogP contribution in [0.1, 0.15) is 12.5 Å². The molecule has 1 aliphatic rings. The molecule has 24 heavy (non-hydrogen) atoms. The molecule has 1 aromatic carbocycles. The maximum atomic E-state index is 12.2. The van der Waals surface area contributed by atoms with Crippen LogP contribution in [0.25, 0.3) is 11.8 Å². The molecule has 0 radical (unpaired) electrons. The van der Waals surface area contributed by atoms with Crippen LogP contribution >= 0.6 is 0 Å². The van der Waals surface area contributed by atoms with Crippen molar-refractivity contribution < 1.29 is 9.59 Å². The molecule has 6 heteroatoms. The number of piperazine rings is 1. The van der Waals surface area contributed by atoms with Crippen LogP contribution in [0.15, 0.2) is 48.8 Å². The Balaban J connectivity index is 1.59. The number of nitrogens with zero attached hydrogens (tertiary/aromatic N) is 4. The van der Waals surface area contributed by atoms with Crippen LogP contribution < -0.4 is 0 Å². The van der Waals surface area contributed by atoms with E-state index in [0.29, 0.717) is 26.2 Å². The first-order valence-electron chi connectivity index (χ1n) is 7.96. The van der Waals surface area contributed by atoms with Crippen molar-refractivity contribution in [3.63, 3.8) is 0 Å². The van der Waals surface area contributed by atoms with Crippen molar-refractivity contribution in [2.24, 2.45) is 0 Å². The molecule has 0 unspecified atom stereocenters. The van der Waals surface area contributed by atoms with E-state index in [2.05, 4.69) is 5.10 Å². The first kappa shape index (κ1) is 16.0. The van der Waals surface area contributed by atoms with Gasteiger partial charge in [0.2, 0.25) is 11.8 Å². The van der Waals surface area contributed by atoms with Crippen LogP contribution in [0.4, 0.5) is 0 Å². The van der Waals surface area contributed by atoms with Gasteiger partial charge in [-0.2, -0.15) is 5.10 Å². The smallest absolute Gasteiger partial charge is 0.246 e. The van der Waals surface area contributed by atoms with Crippen LogP contribution in [0.2, 0.25) is 0 Å². The summed E-state index contributed by atoms with van der Waals surface area (Å²) in [5, 5.41) is 4.30. The number of hydrogen-bond donors (Lipinski definition) is 0. The van der Waals surface area contributed by atoms with Crippen LogP contribution in [-0.2, 0) is 9.59 Å². The average molecular weight is 324 g/mol. The predicted molar refractivity (Wildman–Crippen MR) is 91.4 cm³/mol. The van der Waals surface area contributed by atoms with Gasteiger partial charge in [-0.1, -0.05) is 18.2 Å². The Morgan fingerprint density at radius 3 is 2.38 bits per heavy atom. The summed E-state index contributed by atoms with van der Waals surface area (Å²) in [6.07, 6.45) is 6.94. The summed E-state index contributed by atoms with van der Waals surface area (Å²) < 4.78 is 1.77. The minimum absolute atomic E-state index is 0.0364. The molecule has 2 heterocycles. The Morgan fingerprint density at radius 1 is 1.04 bits per heavy atom. The first-order chi connectivity index (χ1) is 11.6. The van der Waals surface area contributed by atoms with Crippen molar-refractivity contribution in [1.82, 2.24) is 19.6 Å². The summed E-state index contributed by atoms with van der Waals surface area (Å²) in [4.78, 5) is 27.1. The Hall–Kier alpha value is -2.89. The molecule has 0 spiro atoms. The molecule has 0 bridgehead atoms. The number of aromatic nitrogens is 2. The van der Waals surface area contributed by atoms with E-state index < -0.39 is 0 Å². The van der Waals surface area contributed by atoms with E-state index in [1.54, 1.807) is 39.8 Å². The molecule has 0 N–H and O–H groups in total. The number of hydrogen-bond acceptors (Lipinski definition) is 3. The normalized spacial score (nSPS) is 15.0. The molecule has 6 nitrogen and oxygen atoms in total. The fourth-order valence-electron chi connectivity index (χ4n) is 2.66. The van der Waals surface area contributed by atoms with Gasteiger partial charge < -0.3 is 9.80 Å². The minimum atomic E-state index is -0.0364. The number of rotatable bonds is 3. The predicted octanol–water partition coefficient (Wildman–Crippen LogP) is 1.58. The van der Waals surface area contributed by atoms with E-state index in [0.717, 1.165) is 11.3 Å². The highest BCUT2D eigenvalue weighted by Gasteiger charge is 2.20. The summed E-state index contributed by atoms with van der Waals surface area (Å²) >= 11 is 0. The van der Waals surface area contributed by atoms with Gasteiger partial charge in [-0.15, -0.1) is 0 Å². The molecule has 1 fully saturated rings. The van der Waals surface area contributed by atoms with Crippen LogP contribution in [0.3, 0.4) is 0 Å². The Kier molecular flexibility index (Phi) is 4.74. The Morgan fingerprint density at radius 2 is 1.71 bits per heavy atom.